The third-order valence-corrected chi connectivity index (χ3v) is 2.72. The molecular formula is C13H11ClN2O4. The second kappa shape index (κ2) is 6.21. The van der Waals surface area contributed by atoms with Gasteiger partial charge in [-0.1, -0.05) is 17.7 Å². The largest absolute Gasteiger partial charge is 0.497 e. The first kappa shape index (κ1) is 14.1. The van der Waals surface area contributed by atoms with Crippen LogP contribution >= 0.6 is 11.6 Å². The van der Waals surface area contributed by atoms with E-state index in [1.807, 2.05) is 0 Å². The van der Waals surface area contributed by atoms with E-state index in [0.29, 0.717) is 17.3 Å². The molecule has 6 nitrogen and oxygen atoms in total. The lowest BCUT2D eigenvalue weighted by Gasteiger charge is -2.07. The number of carboxylic acid groups (broad SMARTS) is 1. The molecular weight excluding hydrogens is 284 g/mol. The van der Waals surface area contributed by atoms with E-state index in [4.69, 9.17) is 26.2 Å². The summed E-state index contributed by atoms with van der Waals surface area (Å²) in [5.41, 5.74) is -0.142. The number of carbonyl (C=O) groups is 1. The average molecular weight is 295 g/mol. The molecule has 0 unspecified atom stereocenters. The third-order valence-electron chi connectivity index (χ3n) is 2.43. The highest BCUT2D eigenvalue weighted by Crippen LogP contribution is 2.20. The molecule has 0 aliphatic heterocycles. The van der Waals surface area contributed by atoms with Gasteiger partial charge in [0.2, 0.25) is 0 Å². The van der Waals surface area contributed by atoms with E-state index < -0.39 is 5.97 Å². The van der Waals surface area contributed by atoms with Gasteiger partial charge in [0.05, 0.1) is 7.11 Å². The molecule has 0 spiro atoms. The summed E-state index contributed by atoms with van der Waals surface area (Å²) >= 11 is 5.75. The van der Waals surface area contributed by atoms with Crippen molar-refractivity contribution >= 4 is 17.6 Å². The van der Waals surface area contributed by atoms with E-state index in [0.717, 1.165) is 6.20 Å². The summed E-state index contributed by atoms with van der Waals surface area (Å²) in [6.45, 7) is 0.0762. The minimum atomic E-state index is -1.17. The summed E-state index contributed by atoms with van der Waals surface area (Å²) in [5.74, 6) is 0.382. The van der Waals surface area contributed by atoms with E-state index in [1.165, 1.54) is 0 Å². The molecule has 0 radical (unpaired) electrons. The smallest absolute Gasteiger partial charge is 0.340 e. The topological polar surface area (TPSA) is 81.5 Å². The Kier molecular flexibility index (Phi) is 4.37. The summed E-state index contributed by atoms with van der Waals surface area (Å²) in [5, 5.41) is 8.70. The number of ether oxygens (including phenoxy) is 2. The molecule has 104 valence electrons. The Morgan fingerprint density at radius 3 is 2.80 bits per heavy atom. The number of carboxylic acids is 1. The first-order valence-electron chi connectivity index (χ1n) is 5.61. The number of rotatable bonds is 5. The van der Waals surface area contributed by atoms with Crippen LogP contribution in [0.3, 0.4) is 0 Å². The van der Waals surface area contributed by atoms with Crippen molar-refractivity contribution in [2.24, 2.45) is 0 Å². The average Bonchev–Trinajstić information content (AvgIpc) is 2.45. The van der Waals surface area contributed by atoms with E-state index in [1.54, 1.807) is 31.4 Å². The number of nitrogens with zero attached hydrogens (tertiary/aromatic N) is 2. The molecule has 2 rings (SSSR count). The Bertz CT molecular complexity index is 634. The molecule has 2 aromatic rings. The molecule has 7 heteroatoms. The molecule has 0 saturated heterocycles. The van der Waals surface area contributed by atoms with Gasteiger partial charge in [-0.25, -0.2) is 14.8 Å². The lowest BCUT2D eigenvalue weighted by atomic mass is 10.3. The van der Waals surface area contributed by atoms with Crippen molar-refractivity contribution in [3.63, 3.8) is 0 Å². The van der Waals surface area contributed by atoms with E-state index >= 15 is 0 Å². The Balaban J connectivity index is 2.07. The highest BCUT2D eigenvalue weighted by Gasteiger charge is 2.11. The maximum absolute atomic E-state index is 10.8. The first-order chi connectivity index (χ1) is 9.60. The van der Waals surface area contributed by atoms with Crippen LogP contribution in [0.15, 0.2) is 30.5 Å². The summed E-state index contributed by atoms with van der Waals surface area (Å²) in [6.07, 6.45) is 1.15. The lowest BCUT2D eigenvalue weighted by Crippen LogP contribution is -2.06. The fourth-order valence-electron chi connectivity index (χ4n) is 1.45. The molecule has 1 aromatic carbocycles. The van der Waals surface area contributed by atoms with Gasteiger partial charge in [0.1, 0.15) is 28.8 Å². The van der Waals surface area contributed by atoms with Gasteiger partial charge < -0.3 is 14.6 Å². The van der Waals surface area contributed by atoms with Crippen LogP contribution in [-0.4, -0.2) is 28.2 Å². The Morgan fingerprint density at radius 2 is 2.15 bits per heavy atom. The molecule has 0 atom stereocenters. The number of hydrogen-bond donors (Lipinski definition) is 1. The predicted octanol–water partition coefficient (Wildman–Crippen LogP) is 2.42. The van der Waals surface area contributed by atoms with Crippen molar-refractivity contribution in [2.45, 2.75) is 6.61 Å². The van der Waals surface area contributed by atoms with Crippen LogP contribution in [0.5, 0.6) is 11.5 Å². The van der Waals surface area contributed by atoms with E-state index in [9.17, 15) is 4.79 Å². The Hall–Kier alpha value is -2.34. The van der Waals surface area contributed by atoms with Crippen LogP contribution < -0.4 is 9.47 Å². The molecule has 1 N–H and O–H groups in total. The number of hydrogen-bond acceptors (Lipinski definition) is 5. The molecule has 0 amide bonds. The van der Waals surface area contributed by atoms with Crippen LogP contribution in [-0.2, 0) is 6.61 Å². The normalized spacial score (nSPS) is 10.1. The molecule has 0 saturated carbocycles. The van der Waals surface area contributed by atoms with Crippen LogP contribution in [0.2, 0.25) is 5.15 Å². The number of halogens is 1. The van der Waals surface area contributed by atoms with Crippen molar-refractivity contribution in [1.29, 1.82) is 0 Å². The van der Waals surface area contributed by atoms with E-state index in [2.05, 4.69) is 9.97 Å². The SMILES string of the molecule is COc1cccc(OCc2ncc(C(=O)O)c(Cl)n2)c1. The monoisotopic (exact) mass is 294 g/mol. The van der Waals surface area contributed by atoms with Gasteiger partial charge in [-0.3, -0.25) is 0 Å². The molecule has 0 aliphatic rings. The van der Waals surface area contributed by atoms with Crippen LogP contribution in [0.4, 0.5) is 0 Å². The standard InChI is InChI=1S/C13H11ClN2O4/c1-19-8-3-2-4-9(5-8)20-7-11-15-6-10(13(17)18)12(14)16-11/h2-6H,7H2,1H3,(H,17,18). The quantitative estimate of drug-likeness (QED) is 0.853. The summed E-state index contributed by atoms with van der Waals surface area (Å²) in [7, 11) is 1.56. The number of aromatic carboxylic acids is 1. The fraction of sp³-hybridized carbons (Fsp3) is 0.154. The minimum absolute atomic E-state index is 0.0762. The second-order valence-electron chi connectivity index (χ2n) is 3.76. The summed E-state index contributed by atoms with van der Waals surface area (Å²) in [4.78, 5) is 18.5. The zero-order chi connectivity index (χ0) is 14.5. The van der Waals surface area contributed by atoms with Crippen molar-refractivity contribution < 1.29 is 19.4 Å². The fourth-order valence-corrected chi connectivity index (χ4v) is 1.67. The van der Waals surface area contributed by atoms with Gasteiger partial charge in [-0.15, -0.1) is 0 Å². The summed E-state index contributed by atoms with van der Waals surface area (Å²) in [6, 6.07) is 7.06. The first-order valence-corrected chi connectivity index (χ1v) is 5.99. The summed E-state index contributed by atoms with van der Waals surface area (Å²) < 4.78 is 10.5. The third kappa shape index (κ3) is 3.36. The van der Waals surface area contributed by atoms with Gasteiger partial charge in [0, 0.05) is 12.3 Å². The van der Waals surface area contributed by atoms with Crippen LogP contribution in [0, 0.1) is 0 Å². The van der Waals surface area contributed by atoms with Gasteiger partial charge in [0.25, 0.3) is 0 Å². The second-order valence-corrected chi connectivity index (χ2v) is 4.12. The highest BCUT2D eigenvalue weighted by molar-refractivity contribution is 6.32. The maximum Gasteiger partial charge on any atom is 0.340 e. The molecule has 20 heavy (non-hydrogen) atoms. The number of methoxy groups -OCH3 is 1. The molecule has 0 fully saturated rings. The lowest BCUT2D eigenvalue weighted by molar-refractivity contribution is 0.0696. The van der Waals surface area contributed by atoms with E-state index in [-0.39, 0.29) is 17.3 Å². The van der Waals surface area contributed by atoms with Crippen molar-refractivity contribution in [2.75, 3.05) is 7.11 Å². The zero-order valence-electron chi connectivity index (χ0n) is 10.5. The Morgan fingerprint density at radius 1 is 1.40 bits per heavy atom. The van der Waals surface area contributed by atoms with Gasteiger partial charge in [-0.2, -0.15) is 0 Å². The van der Waals surface area contributed by atoms with Crippen molar-refractivity contribution in [1.82, 2.24) is 9.97 Å². The molecule has 1 aromatic heterocycles. The predicted molar refractivity (Wildman–Crippen MR) is 71.3 cm³/mol. The van der Waals surface area contributed by atoms with Crippen molar-refractivity contribution in [3.8, 4) is 11.5 Å². The van der Waals surface area contributed by atoms with Crippen LogP contribution in [0.1, 0.15) is 16.2 Å². The zero-order valence-corrected chi connectivity index (χ0v) is 11.3. The van der Waals surface area contributed by atoms with Crippen molar-refractivity contribution in [3.05, 3.63) is 47.0 Å². The molecule has 0 bridgehead atoms. The highest BCUT2D eigenvalue weighted by atomic mass is 35.5. The Labute approximate surface area is 120 Å². The number of aromatic nitrogens is 2. The maximum atomic E-state index is 10.8. The van der Waals surface area contributed by atoms with Gasteiger partial charge in [0.15, 0.2) is 5.82 Å². The van der Waals surface area contributed by atoms with Gasteiger partial charge in [-0.05, 0) is 12.1 Å². The van der Waals surface area contributed by atoms with Crippen LogP contribution in [0.25, 0.3) is 0 Å². The van der Waals surface area contributed by atoms with Gasteiger partial charge >= 0.3 is 5.97 Å². The molecule has 1 heterocycles. The molecule has 0 aliphatic carbocycles. The number of benzene rings is 1. The minimum Gasteiger partial charge on any atom is -0.497 e.